The zero-order valence-electron chi connectivity index (χ0n) is 16.1. The van der Waals surface area contributed by atoms with Crippen molar-refractivity contribution in [3.63, 3.8) is 0 Å². The zero-order valence-corrected chi connectivity index (χ0v) is 18.5. The van der Waals surface area contributed by atoms with E-state index >= 15 is 0 Å². The van der Waals surface area contributed by atoms with Crippen LogP contribution < -0.4 is 14.4 Å². The fourth-order valence-corrected chi connectivity index (χ4v) is 4.09. The molecule has 0 aliphatic carbocycles. The van der Waals surface area contributed by atoms with E-state index in [2.05, 4.69) is 13.8 Å². The normalized spacial score (nSPS) is 15.5. The summed E-state index contributed by atoms with van der Waals surface area (Å²) in [6.07, 6.45) is 1.74. The molecule has 2 aromatic carbocycles. The van der Waals surface area contributed by atoms with Gasteiger partial charge in [0.05, 0.1) is 29.3 Å². The Morgan fingerprint density at radius 1 is 1.24 bits per heavy atom. The average Bonchev–Trinajstić information content (AvgIpc) is 2.96. The van der Waals surface area contributed by atoms with Crippen molar-refractivity contribution in [2.75, 3.05) is 18.6 Å². The first-order valence-electron chi connectivity index (χ1n) is 8.84. The highest BCUT2D eigenvalue weighted by atomic mass is 35.5. The van der Waals surface area contributed by atoms with Gasteiger partial charge in [-0.2, -0.15) is 0 Å². The van der Waals surface area contributed by atoms with Crippen LogP contribution in [0.1, 0.15) is 19.4 Å². The molecule has 2 aromatic rings. The largest absolute Gasteiger partial charge is 0.493 e. The standard InChI is InChI=1S/C21H19ClFNO3S2/c1-12(2)11-27-17-7-4-13(8-18(17)26-3)9-19-20(25)24(21(28)29-19)14-5-6-16(23)15(22)10-14/h4-10,12H,11H2,1-3H3/b19-9-. The highest BCUT2D eigenvalue weighted by Crippen LogP contribution is 2.38. The van der Waals surface area contributed by atoms with Crippen LogP contribution in [0.5, 0.6) is 11.5 Å². The van der Waals surface area contributed by atoms with Crippen LogP contribution >= 0.6 is 35.6 Å². The number of carbonyl (C=O) groups excluding carboxylic acids is 1. The van der Waals surface area contributed by atoms with E-state index in [-0.39, 0.29) is 10.9 Å². The Morgan fingerprint density at radius 2 is 2.00 bits per heavy atom. The van der Waals surface area contributed by atoms with Crippen molar-refractivity contribution in [3.8, 4) is 11.5 Å². The van der Waals surface area contributed by atoms with Crippen LogP contribution in [-0.4, -0.2) is 23.9 Å². The van der Waals surface area contributed by atoms with Gasteiger partial charge < -0.3 is 9.47 Å². The molecule has 8 heteroatoms. The van der Waals surface area contributed by atoms with Gasteiger partial charge in [-0.3, -0.25) is 9.69 Å². The van der Waals surface area contributed by atoms with Crippen LogP contribution in [0, 0.1) is 11.7 Å². The van der Waals surface area contributed by atoms with Gasteiger partial charge in [0.25, 0.3) is 5.91 Å². The number of hydrogen-bond donors (Lipinski definition) is 0. The van der Waals surface area contributed by atoms with Gasteiger partial charge in [-0.25, -0.2) is 4.39 Å². The van der Waals surface area contributed by atoms with Crippen molar-refractivity contribution in [2.45, 2.75) is 13.8 Å². The number of nitrogens with zero attached hydrogens (tertiary/aromatic N) is 1. The maximum absolute atomic E-state index is 13.4. The predicted octanol–water partition coefficient (Wildman–Crippen LogP) is 5.93. The number of rotatable bonds is 6. The minimum Gasteiger partial charge on any atom is -0.493 e. The van der Waals surface area contributed by atoms with Crippen molar-refractivity contribution >= 4 is 57.6 Å². The smallest absolute Gasteiger partial charge is 0.270 e. The van der Waals surface area contributed by atoms with Gasteiger partial charge >= 0.3 is 0 Å². The third-order valence-electron chi connectivity index (χ3n) is 4.01. The van der Waals surface area contributed by atoms with Gasteiger partial charge in [0, 0.05) is 0 Å². The number of thioether (sulfide) groups is 1. The monoisotopic (exact) mass is 451 g/mol. The number of methoxy groups -OCH3 is 1. The molecule has 1 aliphatic heterocycles. The fourth-order valence-electron chi connectivity index (χ4n) is 2.62. The van der Waals surface area contributed by atoms with Crippen molar-refractivity contribution in [1.82, 2.24) is 0 Å². The second kappa shape index (κ2) is 9.15. The van der Waals surface area contributed by atoms with Gasteiger partial charge in [-0.15, -0.1) is 0 Å². The Hall–Kier alpha value is -2.09. The number of ether oxygens (including phenoxy) is 2. The van der Waals surface area contributed by atoms with Crippen molar-refractivity contribution in [2.24, 2.45) is 5.92 Å². The summed E-state index contributed by atoms with van der Waals surface area (Å²) >= 11 is 12.4. The topological polar surface area (TPSA) is 38.8 Å². The van der Waals surface area contributed by atoms with Crippen LogP contribution in [0.25, 0.3) is 6.08 Å². The third kappa shape index (κ3) is 4.91. The molecule has 0 radical (unpaired) electrons. The number of hydrogen-bond acceptors (Lipinski definition) is 5. The first-order valence-corrected chi connectivity index (χ1v) is 10.4. The van der Waals surface area contributed by atoms with Crippen LogP contribution in [0.2, 0.25) is 5.02 Å². The van der Waals surface area contributed by atoms with Crippen LogP contribution in [0.4, 0.5) is 10.1 Å². The fraction of sp³-hybridized carbons (Fsp3) is 0.238. The summed E-state index contributed by atoms with van der Waals surface area (Å²) in [5.74, 6) is 0.776. The van der Waals surface area contributed by atoms with Crippen LogP contribution in [-0.2, 0) is 4.79 Å². The molecular weight excluding hydrogens is 433 g/mol. The molecule has 0 N–H and O–H groups in total. The number of thiocarbonyl (C=S) groups is 1. The Labute approximate surface area is 183 Å². The number of anilines is 1. The lowest BCUT2D eigenvalue weighted by Gasteiger charge is -2.15. The molecule has 1 aliphatic rings. The molecule has 1 amide bonds. The number of halogens is 2. The number of benzene rings is 2. The molecule has 0 spiro atoms. The second-order valence-corrected chi connectivity index (χ2v) is 8.81. The molecule has 152 valence electrons. The highest BCUT2D eigenvalue weighted by Gasteiger charge is 2.33. The van der Waals surface area contributed by atoms with Crippen LogP contribution in [0.3, 0.4) is 0 Å². The summed E-state index contributed by atoms with van der Waals surface area (Å²) in [5, 5.41) is -0.0674. The SMILES string of the molecule is COc1cc(/C=C2\SC(=S)N(c3ccc(F)c(Cl)c3)C2=O)ccc1OCC(C)C. The summed E-state index contributed by atoms with van der Waals surface area (Å²) in [7, 11) is 1.57. The first kappa shape index (κ1) is 21.6. The predicted molar refractivity (Wildman–Crippen MR) is 120 cm³/mol. The Balaban J connectivity index is 1.86. The van der Waals surface area contributed by atoms with Gasteiger partial charge in [0.2, 0.25) is 0 Å². The van der Waals surface area contributed by atoms with E-state index in [0.717, 1.165) is 5.56 Å². The molecule has 4 nitrogen and oxygen atoms in total. The minimum absolute atomic E-state index is 0.0674. The van der Waals surface area contributed by atoms with Gasteiger partial charge in [-0.1, -0.05) is 55.5 Å². The van der Waals surface area contributed by atoms with Gasteiger partial charge in [0.1, 0.15) is 5.82 Å². The summed E-state index contributed by atoms with van der Waals surface area (Å²) in [6, 6.07) is 9.53. The zero-order chi connectivity index (χ0) is 21.1. The van der Waals surface area contributed by atoms with E-state index in [4.69, 9.17) is 33.3 Å². The Kier molecular flexibility index (Phi) is 6.82. The minimum atomic E-state index is -0.553. The van der Waals surface area contributed by atoms with Gasteiger partial charge in [-0.05, 0) is 47.9 Å². The first-order chi connectivity index (χ1) is 13.8. The van der Waals surface area contributed by atoms with E-state index < -0.39 is 5.82 Å². The molecule has 1 saturated heterocycles. The Bertz CT molecular complexity index is 994. The maximum atomic E-state index is 13.4. The summed E-state index contributed by atoms with van der Waals surface area (Å²) < 4.78 is 25.0. The molecule has 0 bridgehead atoms. The van der Waals surface area contributed by atoms with Crippen molar-refractivity contribution < 1.29 is 18.7 Å². The summed E-state index contributed by atoms with van der Waals surface area (Å²) in [5.41, 5.74) is 1.20. The second-order valence-electron chi connectivity index (χ2n) is 6.73. The molecule has 0 unspecified atom stereocenters. The van der Waals surface area contributed by atoms with E-state index in [1.165, 1.54) is 34.9 Å². The molecule has 0 saturated carbocycles. The highest BCUT2D eigenvalue weighted by molar-refractivity contribution is 8.27. The van der Waals surface area contributed by atoms with E-state index in [0.29, 0.717) is 38.9 Å². The average molecular weight is 452 g/mol. The molecule has 0 aromatic heterocycles. The molecular formula is C21H19ClFNO3S2. The quantitative estimate of drug-likeness (QED) is 0.402. The third-order valence-corrected chi connectivity index (χ3v) is 5.60. The summed E-state index contributed by atoms with van der Waals surface area (Å²) in [4.78, 5) is 14.7. The van der Waals surface area contributed by atoms with E-state index in [1.54, 1.807) is 19.3 Å². The molecule has 1 fully saturated rings. The molecule has 1 heterocycles. The lowest BCUT2D eigenvalue weighted by Crippen LogP contribution is -2.27. The maximum Gasteiger partial charge on any atom is 0.270 e. The van der Waals surface area contributed by atoms with E-state index in [9.17, 15) is 9.18 Å². The number of amides is 1. The van der Waals surface area contributed by atoms with Gasteiger partial charge in [0.15, 0.2) is 15.8 Å². The molecule has 3 rings (SSSR count). The van der Waals surface area contributed by atoms with Crippen molar-refractivity contribution in [1.29, 1.82) is 0 Å². The van der Waals surface area contributed by atoms with E-state index in [1.807, 2.05) is 12.1 Å². The molecule has 0 atom stereocenters. The lowest BCUT2D eigenvalue weighted by molar-refractivity contribution is -0.113. The van der Waals surface area contributed by atoms with Crippen LogP contribution in [0.15, 0.2) is 41.3 Å². The lowest BCUT2D eigenvalue weighted by atomic mass is 10.1. The Morgan fingerprint density at radius 3 is 2.66 bits per heavy atom. The number of carbonyl (C=O) groups is 1. The van der Waals surface area contributed by atoms with Crippen molar-refractivity contribution in [3.05, 3.63) is 57.7 Å². The molecule has 29 heavy (non-hydrogen) atoms. The summed E-state index contributed by atoms with van der Waals surface area (Å²) in [6.45, 7) is 4.71.